The average Bonchev–Trinajstić information content (AvgIpc) is 1.67. The van der Waals surface area contributed by atoms with E-state index in [1.807, 2.05) is 0 Å². The molecular formula is C4H7Cl3O2. The molecule has 0 unspecified atom stereocenters. The zero-order valence-corrected chi connectivity index (χ0v) is 7.06. The molecule has 2 nitrogen and oxygen atoms in total. The van der Waals surface area contributed by atoms with Gasteiger partial charge in [-0.05, 0) is 6.42 Å². The maximum absolute atomic E-state index is 9.99. The molecule has 56 valence electrons. The summed E-state index contributed by atoms with van der Waals surface area (Å²) in [5.41, 5.74) is 0. The van der Waals surface area contributed by atoms with E-state index in [4.69, 9.17) is 28.3 Å². The van der Waals surface area contributed by atoms with E-state index >= 15 is 0 Å². The molecule has 0 aliphatic rings. The van der Waals surface area contributed by atoms with Gasteiger partial charge in [0, 0.05) is 0 Å². The van der Waals surface area contributed by atoms with Crippen molar-refractivity contribution in [3.05, 3.63) is 0 Å². The largest absolute Gasteiger partial charge is 0.479 e. The summed E-state index contributed by atoms with van der Waals surface area (Å²) in [6.07, 6.45) is 0.214. The molecule has 0 bridgehead atoms. The summed E-state index contributed by atoms with van der Waals surface area (Å²) < 4.78 is -1.60. The highest BCUT2D eigenvalue weighted by atomic mass is 35.5. The molecule has 0 aromatic rings. The molecule has 0 heterocycles. The van der Waals surface area contributed by atoms with Gasteiger partial charge in [-0.25, -0.2) is 4.79 Å². The van der Waals surface area contributed by atoms with E-state index < -0.39 is 10.3 Å². The van der Waals surface area contributed by atoms with Crippen molar-refractivity contribution in [2.45, 2.75) is 17.7 Å². The van der Waals surface area contributed by atoms with E-state index in [9.17, 15) is 4.79 Å². The molecule has 0 aliphatic carbocycles. The van der Waals surface area contributed by atoms with Crippen molar-refractivity contribution in [1.82, 2.24) is 0 Å². The van der Waals surface area contributed by atoms with Gasteiger partial charge in [0.05, 0.1) is 0 Å². The van der Waals surface area contributed by atoms with Crippen LogP contribution in [-0.4, -0.2) is 15.4 Å². The molecule has 1 N–H and O–H groups in total. The van der Waals surface area contributed by atoms with Crippen LogP contribution in [0, 0.1) is 0 Å². The van der Waals surface area contributed by atoms with Gasteiger partial charge in [-0.2, -0.15) is 0 Å². The summed E-state index contributed by atoms with van der Waals surface area (Å²) in [5.74, 6) is -1.19. The van der Waals surface area contributed by atoms with Crippen LogP contribution >= 0.6 is 35.6 Å². The predicted molar refractivity (Wildman–Crippen MR) is 39.6 cm³/mol. The summed E-state index contributed by atoms with van der Waals surface area (Å²) in [4.78, 5) is 9.99. The molecule has 0 saturated heterocycles. The van der Waals surface area contributed by atoms with Gasteiger partial charge in [0.25, 0.3) is 0 Å². The SMILES string of the molecule is CCC(Cl)(Cl)C(=O)O.Cl. The lowest BCUT2D eigenvalue weighted by Crippen LogP contribution is -2.23. The van der Waals surface area contributed by atoms with E-state index in [2.05, 4.69) is 0 Å². The molecule has 0 amide bonds. The van der Waals surface area contributed by atoms with Crippen molar-refractivity contribution in [2.24, 2.45) is 0 Å². The van der Waals surface area contributed by atoms with Crippen LogP contribution in [0.1, 0.15) is 13.3 Å². The van der Waals surface area contributed by atoms with Crippen LogP contribution in [0.5, 0.6) is 0 Å². The molecule has 0 atom stereocenters. The van der Waals surface area contributed by atoms with Gasteiger partial charge in [0.1, 0.15) is 0 Å². The lowest BCUT2D eigenvalue weighted by Gasteiger charge is -2.08. The summed E-state index contributed by atoms with van der Waals surface area (Å²) >= 11 is 10.4. The highest BCUT2D eigenvalue weighted by Crippen LogP contribution is 2.24. The van der Waals surface area contributed by atoms with Crippen molar-refractivity contribution in [2.75, 3.05) is 0 Å². The second kappa shape index (κ2) is 4.20. The van der Waals surface area contributed by atoms with E-state index in [0.717, 1.165) is 0 Å². The van der Waals surface area contributed by atoms with Gasteiger partial charge in [0.15, 0.2) is 0 Å². The second-order valence-electron chi connectivity index (χ2n) is 1.36. The lowest BCUT2D eigenvalue weighted by molar-refractivity contribution is -0.137. The predicted octanol–water partition coefficient (Wildman–Crippen LogP) is 2.08. The molecule has 0 radical (unpaired) electrons. The fourth-order valence-corrected chi connectivity index (χ4v) is 0.151. The molecule has 0 saturated carbocycles. The van der Waals surface area contributed by atoms with Crippen molar-refractivity contribution < 1.29 is 9.90 Å². The first-order chi connectivity index (χ1) is 3.50. The van der Waals surface area contributed by atoms with Crippen LogP contribution in [0.2, 0.25) is 0 Å². The summed E-state index contributed by atoms with van der Waals surface area (Å²) in [7, 11) is 0. The number of carboxylic acids is 1. The normalized spacial score (nSPS) is 10.1. The number of halogens is 3. The van der Waals surface area contributed by atoms with Crippen LogP contribution < -0.4 is 0 Å². The summed E-state index contributed by atoms with van der Waals surface area (Å²) in [6, 6.07) is 0. The Balaban J connectivity index is 0. The fourth-order valence-electron chi connectivity index (χ4n) is 0.151. The molecule has 0 aromatic heterocycles. The maximum Gasteiger partial charge on any atom is 0.340 e. The summed E-state index contributed by atoms with van der Waals surface area (Å²) in [5, 5.41) is 8.18. The molecule has 0 aromatic carbocycles. The van der Waals surface area contributed by atoms with Crippen LogP contribution in [0.4, 0.5) is 0 Å². The quantitative estimate of drug-likeness (QED) is 0.682. The molecule has 0 rings (SSSR count). The topological polar surface area (TPSA) is 37.3 Å². The van der Waals surface area contributed by atoms with E-state index in [1.54, 1.807) is 6.92 Å². The van der Waals surface area contributed by atoms with Crippen molar-refractivity contribution in [3.8, 4) is 0 Å². The lowest BCUT2D eigenvalue weighted by atomic mass is 10.3. The highest BCUT2D eigenvalue weighted by Gasteiger charge is 2.30. The van der Waals surface area contributed by atoms with Gasteiger partial charge in [-0.1, -0.05) is 30.1 Å². The minimum atomic E-state index is -1.60. The molecule has 0 fully saturated rings. The van der Waals surface area contributed by atoms with Gasteiger partial charge in [-0.15, -0.1) is 12.4 Å². The number of carboxylic acid groups (broad SMARTS) is 1. The molecule has 9 heavy (non-hydrogen) atoms. The number of alkyl halides is 2. The van der Waals surface area contributed by atoms with Gasteiger partial charge in [-0.3, -0.25) is 0 Å². The number of rotatable bonds is 2. The first-order valence-electron chi connectivity index (χ1n) is 2.12. The first-order valence-corrected chi connectivity index (χ1v) is 2.87. The Morgan fingerprint density at radius 2 is 2.00 bits per heavy atom. The molecule has 0 aliphatic heterocycles. The monoisotopic (exact) mass is 192 g/mol. The Labute approximate surface area is 69.5 Å². The third-order valence-corrected chi connectivity index (χ3v) is 1.61. The Bertz CT molecular complexity index is 102. The minimum Gasteiger partial charge on any atom is -0.479 e. The first kappa shape index (κ1) is 12.1. The minimum absolute atomic E-state index is 0. The molecule has 0 spiro atoms. The molecular weight excluding hydrogens is 186 g/mol. The highest BCUT2D eigenvalue weighted by molar-refractivity contribution is 6.57. The van der Waals surface area contributed by atoms with E-state index in [1.165, 1.54) is 0 Å². The number of carbonyl (C=O) groups is 1. The Morgan fingerprint density at radius 1 is 1.67 bits per heavy atom. The smallest absolute Gasteiger partial charge is 0.340 e. The summed E-state index contributed by atoms with van der Waals surface area (Å²) in [6.45, 7) is 1.61. The van der Waals surface area contributed by atoms with Crippen molar-refractivity contribution >= 4 is 41.6 Å². The number of aliphatic carboxylic acids is 1. The van der Waals surface area contributed by atoms with Crippen molar-refractivity contribution in [1.29, 1.82) is 0 Å². The average molecular weight is 193 g/mol. The van der Waals surface area contributed by atoms with E-state index in [0.29, 0.717) is 0 Å². The third kappa shape index (κ3) is 3.84. The van der Waals surface area contributed by atoms with E-state index in [-0.39, 0.29) is 18.8 Å². The van der Waals surface area contributed by atoms with Gasteiger partial charge in [0.2, 0.25) is 4.33 Å². The maximum atomic E-state index is 9.99. The zero-order chi connectivity index (χ0) is 6.78. The van der Waals surface area contributed by atoms with Crippen LogP contribution in [0.25, 0.3) is 0 Å². The Kier molecular flexibility index (Phi) is 5.63. The van der Waals surface area contributed by atoms with Gasteiger partial charge < -0.3 is 5.11 Å². The Morgan fingerprint density at radius 3 is 2.00 bits per heavy atom. The number of hydrogen-bond donors (Lipinski definition) is 1. The van der Waals surface area contributed by atoms with Gasteiger partial charge >= 0.3 is 5.97 Å². The number of hydrogen-bond acceptors (Lipinski definition) is 1. The second-order valence-corrected chi connectivity index (χ2v) is 2.85. The standard InChI is InChI=1S/C4H6Cl2O2.ClH/c1-2-4(5,6)3(7)8;/h2H2,1H3,(H,7,8);1H. The molecule has 5 heteroatoms. The third-order valence-electron chi connectivity index (χ3n) is 0.757. The zero-order valence-electron chi connectivity index (χ0n) is 4.73. The fraction of sp³-hybridized carbons (Fsp3) is 0.750. The van der Waals surface area contributed by atoms with Crippen molar-refractivity contribution in [3.63, 3.8) is 0 Å². The van der Waals surface area contributed by atoms with Crippen LogP contribution in [0.15, 0.2) is 0 Å². The Hall–Kier alpha value is 0.340. The van der Waals surface area contributed by atoms with Crippen LogP contribution in [-0.2, 0) is 4.79 Å². The van der Waals surface area contributed by atoms with Crippen LogP contribution in [0.3, 0.4) is 0 Å².